The van der Waals surface area contributed by atoms with Crippen LogP contribution in [0.1, 0.15) is 42.6 Å². The van der Waals surface area contributed by atoms with E-state index >= 15 is 0 Å². The van der Waals surface area contributed by atoms with Crippen LogP contribution in [0.4, 0.5) is 13.2 Å². The van der Waals surface area contributed by atoms with E-state index < -0.39 is 11.7 Å². The largest absolute Gasteiger partial charge is 0.416 e. The summed E-state index contributed by atoms with van der Waals surface area (Å²) in [6.07, 6.45) is -1.85. The van der Waals surface area contributed by atoms with Gasteiger partial charge in [-0.25, -0.2) is 0 Å². The molecule has 0 saturated carbocycles. The zero-order valence-electron chi connectivity index (χ0n) is 17.9. The van der Waals surface area contributed by atoms with Crippen LogP contribution < -0.4 is 10.6 Å². The van der Waals surface area contributed by atoms with E-state index in [2.05, 4.69) is 30.7 Å². The van der Waals surface area contributed by atoms with Crippen LogP contribution in [0, 0.1) is 6.92 Å². The first-order valence-corrected chi connectivity index (χ1v) is 10.6. The quantitative estimate of drug-likeness (QED) is 0.375. The van der Waals surface area contributed by atoms with Crippen LogP contribution >= 0.6 is 0 Å². The Bertz CT molecular complexity index is 850. The third-order valence-electron chi connectivity index (χ3n) is 5.03. The molecule has 1 unspecified atom stereocenters. The van der Waals surface area contributed by atoms with Crippen LogP contribution in [-0.4, -0.2) is 53.2 Å². The molecule has 1 aliphatic rings. The normalized spacial score (nSPS) is 17.8. The molecule has 1 aromatic heterocycles. The second kappa shape index (κ2) is 10.6. The van der Waals surface area contributed by atoms with Gasteiger partial charge in [-0.1, -0.05) is 17.3 Å². The van der Waals surface area contributed by atoms with Gasteiger partial charge in [-0.3, -0.25) is 9.89 Å². The molecule has 0 aliphatic carbocycles. The molecule has 0 bridgehead atoms. The van der Waals surface area contributed by atoms with Crippen molar-refractivity contribution in [2.24, 2.45) is 4.99 Å². The van der Waals surface area contributed by atoms with Gasteiger partial charge in [0.15, 0.2) is 11.8 Å². The number of aliphatic imine (C=N–C) groups is 1. The second-order valence-corrected chi connectivity index (χ2v) is 7.66. The van der Waals surface area contributed by atoms with E-state index in [-0.39, 0.29) is 6.04 Å². The minimum absolute atomic E-state index is 0.242. The molecular formula is C21H29F3N6O. The Balaban J connectivity index is 1.45. The first-order valence-electron chi connectivity index (χ1n) is 10.6. The van der Waals surface area contributed by atoms with Crippen molar-refractivity contribution in [1.29, 1.82) is 0 Å². The number of rotatable bonds is 8. The number of aryl methyl sites for hydroxylation is 2. The highest BCUT2D eigenvalue weighted by atomic mass is 19.4. The monoisotopic (exact) mass is 438 g/mol. The van der Waals surface area contributed by atoms with Gasteiger partial charge in [0, 0.05) is 45.2 Å². The molecule has 7 nitrogen and oxygen atoms in total. The molecule has 0 amide bonds. The van der Waals surface area contributed by atoms with Gasteiger partial charge in [0.2, 0.25) is 5.89 Å². The van der Waals surface area contributed by atoms with Gasteiger partial charge in [-0.2, -0.15) is 18.2 Å². The molecule has 0 radical (unpaired) electrons. The third-order valence-corrected chi connectivity index (χ3v) is 5.03. The van der Waals surface area contributed by atoms with Gasteiger partial charge in [0.1, 0.15) is 0 Å². The summed E-state index contributed by atoms with van der Waals surface area (Å²) in [5, 5.41) is 10.5. The van der Waals surface area contributed by atoms with Crippen molar-refractivity contribution in [3.63, 3.8) is 0 Å². The molecule has 1 fully saturated rings. The second-order valence-electron chi connectivity index (χ2n) is 7.66. The number of aromatic nitrogens is 2. The Morgan fingerprint density at radius 3 is 2.71 bits per heavy atom. The van der Waals surface area contributed by atoms with Crippen LogP contribution in [-0.2, 0) is 19.1 Å². The van der Waals surface area contributed by atoms with Crippen molar-refractivity contribution >= 4 is 5.96 Å². The van der Waals surface area contributed by atoms with Gasteiger partial charge in [0.25, 0.3) is 0 Å². The van der Waals surface area contributed by atoms with Crippen LogP contribution in [0.15, 0.2) is 33.8 Å². The summed E-state index contributed by atoms with van der Waals surface area (Å²) in [7, 11) is 0. The number of alkyl halides is 3. The maximum atomic E-state index is 12.7. The Labute approximate surface area is 180 Å². The predicted octanol–water partition coefficient (Wildman–Crippen LogP) is 3.16. The molecule has 1 atom stereocenters. The van der Waals surface area contributed by atoms with Crippen LogP contribution in [0.2, 0.25) is 0 Å². The summed E-state index contributed by atoms with van der Waals surface area (Å²) in [6.45, 7) is 7.54. The number of guanidine groups is 1. The lowest BCUT2D eigenvalue weighted by molar-refractivity contribution is -0.137. The van der Waals surface area contributed by atoms with Crippen molar-refractivity contribution in [2.75, 3.05) is 26.2 Å². The number of hydrogen-bond donors (Lipinski definition) is 2. The van der Waals surface area contributed by atoms with Crippen LogP contribution in [0.5, 0.6) is 0 Å². The van der Waals surface area contributed by atoms with Gasteiger partial charge in [-0.15, -0.1) is 0 Å². The maximum absolute atomic E-state index is 12.7. The molecule has 31 heavy (non-hydrogen) atoms. The number of nitrogens with zero attached hydrogens (tertiary/aromatic N) is 4. The average Bonchev–Trinajstić information content (AvgIpc) is 3.33. The van der Waals surface area contributed by atoms with E-state index in [0.29, 0.717) is 31.2 Å². The lowest BCUT2D eigenvalue weighted by Gasteiger charge is -2.19. The molecule has 10 heteroatoms. The van der Waals surface area contributed by atoms with Gasteiger partial charge in [-0.05, 0) is 44.4 Å². The van der Waals surface area contributed by atoms with Crippen molar-refractivity contribution < 1.29 is 17.7 Å². The van der Waals surface area contributed by atoms with E-state index in [1.165, 1.54) is 0 Å². The lowest BCUT2D eigenvalue weighted by Crippen LogP contribution is -2.44. The molecule has 1 aliphatic heterocycles. The molecule has 2 N–H and O–H groups in total. The average molecular weight is 438 g/mol. The smallest absolute Gasteiger partial charge is 0.357 e. The van der Waals surface area contributed by atoms with Gasteiger partial charge < -0.3 is 15.2 Å². The van der Waals surface area contributed by atoms with E-state index in [1.54, 1.807) is 19.1 Å². The molecule has 3 rings (SSSR count). The maximum Gasteiger partial charge on any atom is 0.416 e. The fourth-order valence-corrected chi connectivity index (χ4v) is 3.53. The summed E-state index contributed by atoms with van der Waals surface area (Å²) < 4.78 is 43.2. The number of halogens is 3. The third kappa shape index (κ3) is 7.23. The van der Waals surface area contributed by atoms with Crippen molar-refractivity contribution in [2.45, 2.75) is 51.9 Å². The molecule has 0 spiro atoms. The predicted molar refractivity (Wildman–Crippen MR) is 112 cm³/mol. The Kier molecular flexibility index (Phi) is 7.89. The molecule has 170 valence electrons. The van der Waals surface area contributed by atoms with Crippen molar-refractivity contribution in [1.82, 2.24) is 25.7 Å². The number of likely N-dealkylation sites (tertiary alicyclic amines) is 1. The van der Waals surface area contributed by atoms with E-state index in [4.69, 9.17) is 4.52 Å². The number of hydrogen-bond acceptors (Lipinski definition) is 5. The fraction of sp³-hybridized carbons (Fsp3) is 0.571. The van der Waals surface area contributed by atoms with E-state index in [9.17, 15) is 13.2 Å². The fourth-order valence-electron chi connectivity index (χ4n) is 3.53. The van der Waals surface area contributed by atoms with Crippen molar-refractivity contribution in [3.8, 4) is 0 Å². The SMILES string of the molecule is CCNC(=NCCCc1nc(C)no1)NC1CCN(Cc2ccc(C(F)(F)F)cc2)C1. The molecule has 2 aromatic rings. The summed E-state index contributed by atoms with van der Waals surface area (Å²) >= 11 is 0. The topological polar surface area (TPSA) is 78.6 Å². The standard InChI is InChI=1S/C21H29F3N6O/c1-3-25-20(26-11-4-5-19-27-15(2)29-31-19)28-18-10-12-30(14-18)13-16-6-8-17(9-7-16)21(22,23)24/h6-9,18H,3-5,10-14H2,1-2H3,(H2,25,26,28). The Morgan fingerprint density at radius 2 is 2.06 bits per heavy atom. The number of benzene rings is 1. The van der Waals surface area contributed by atoms with E-state index in [0.717, 1.165) is 56.1 Å². The Hall–Kier alpha value is -2.62. The summed E-state index contributed by atoms with van der Waals surface area (Å²) in [6, 6.07) is 5.64. The number of nitrogens with one attached hydrogen (secondary N) is 2. The van der Waals surface area contributed by atoms with Gasteiger partial charge >= 0.3 is 6.18 Å². The lowest BCUT2D eigenvalue weighted by atomic mass is 10.1. The van der Waals surface area contributed by atoms with Crippen LogP contribution in [0.25, 0.3) is 0 Å². The van der Waals surface area contributed by atoms with Crippen LogP contribution in [0.3, 0.4) is 0 Å². The highest BCUT2D eigenvalue weighted by Crippen LogP contribution is 2.29. The molecule has 1 aromatic carbocycles. The molecular weight excluding hydrogens is 409 g/mol. The molecule has 1 saturated heterocycles. The zero-order chi connectivity index (χ0) is 22.3. The highest BCUT2D eigenvalue weighted by Gasteiger charge is 2.30. The first kappa shape index (κ1) is 23.1. The Morgan fingerprint density at radius 1 is 1.29 bits per heavy atom. The van der Waals surface area contributed by atoms with E-state index in [1.807, 2.05) is 6.92 Å². The van der Waals surface area contributed by atoms with Gasteiger partial charge in [0.05, 0.1) is 5.56 Å². The highest BCUT2D eigenvalue weighted by molar-refractivity contribution is 5.80. The summed E-state index contributed by atoms with van der Waals surface area (Å²) in [5.74, 6) is 2.03. The zero-order valence-corrected chi connectivity index (χ0v) is 17.9. The summed E-state index contributed by atoms with van der Waals surface area (Å²) in [5.41, 5.74) is 0.267. The van der Waals surface area contributed by atoms with Crippen molar-refractivity contribution in [3.05, 3.63) is 47.1 Å². The summed E-state index contributed by atoms with van der Waals surface area (Å²) in [4.78, 5) is 11.0. The minimum atomic E-state index is -4.30. The molecule has 2 heterocycles. The minimum Gasteiger partial charge on any atom is -0.357 e. The first-order chi connectivity index (χ1) is 14.8.